The summed E-state index contributed by atoms with van der Waals surface area (Å²) in [5.74, 6) is 0.713. The molecule has 0 atom stereocenters. The normalized spacial score (nSPS) is 9.63. The Kier molecular flexibility index (Phi) is 9.13. The summed E-state index contributed by atoms with van der Waals surface area (Å²) < 4.78 is 4.27. The molecule has 108 valence electrons. The summed E-state index contributed by atoms with van der Waals surface area (Å²) >= 11 is 3.32. The molecule has 0 heterocycles. The van der Waals surface area contributed by atoms with Crippen LogP contribution in [0.3, 0.4) is 0 Å². The van der Waals surface area contributed by atoms with Gasteiger partial charge in [-0.05, 0) is 31.4 Å². The summed E-state index contributed by atoms with van der Waals surface area (Å²) in [5, 5.41) is -0.516. The van der Waals surface area contributed by atoms with Crippen LogP contribution in [0.4, 0.5) is 10.5 Å². The van der Waals surface area contributed by atoms with Crippen LogP contribution in [-0.2, 0) is 4.74 Å². The van der Waals surface area contributed by atoms with Gasteiger partial charge in [0.05, 0.1) is 6.61 Å². The van der Waals surface area contributed by atoms with Gasteiger partial charge in [-0.1, -0.05) is 44.7 Å². The van der Waals surface area contributed by atoms with E-state index >= 15 is 0 Å². The summed E-state index contributed by atoms with van der Waals surface area (Å²) in [6.45, 7) is 9.90. The van der Waals surface area contributed by atoms with E-state index in [2.05, 4.69) is 74.3 Å². The molecule has 19 heavy (non-hydrogen) atoms. The van der Waals surface area contributed by atoms with Crippen molar-refractivity contribution in [3.63, 3.8) is 0 Å². The fourth-order valence-electron chi connectivity index (χ4n) is 1.76. The van der Waals surface area contributed by atoms with Gasteiger partial charge in [-0.2, -0.15) is 0 Å². The lowest BCUT2D eigenvalue weighted by molar-refractivity contribution is 0.182. The Morgan fingerprint density at radius 3 is 2.32 bits per heavy atom. The quantitative estimate of drug-likeness (QED) is 0.664. The van der Waals surface area contributed by atoms with Crippen LogP contribution < -0.4 is 4.90 Å². The van der Waals surface area contributed by atoms with Crippen molar-refractivity contribution < 1.29 is 9.53 Å². The summed E-state index contributed by atoms with van der Waals surface area (Å²) in [7, 11) is 2.16. The maximum atomic E-state index is 9.69. The molecule has 0 unspecified atom stereocenters. The van der Waals surface area contributed by atoms with E-state index in [1.165, 1.54) is 11.3 Å². The number of para-hydroxylation sites is 1. The Labute approximate surface area is 122 Å². The molecule has 1 aromatic rings. The van der Waals surface area contributed by atoms with E-state index in [0.717, 1.165) is 6.54 Å². The molecule has 0 saturated heterocycles. The second-order valence-electron chi connectivity index (χ2n) is 4.76. The van der Waals surface area contributed by atoms with E-state index < -0.39 is 5.30 Å². The monoisotopic (exact) mass is 283 g/mol. The third kappa shape index (κ3) is 8.54. The number of hydrogen-bond acceptors (Lipinski definition) is 3. The highest BCUT2D eigenvalue weighted by Crippen LogP contribution is 2.18. The third-order valence-corrected chi connectivity index (χ3v) is 2.56. The van der Waals surface area contributed by atoms with E-state index in [1.54, 1.807) is 6.92 Å². The van der Waals surface area contributed by atoms with Crippen LogP contribution in [0.1, 0.15) is 26.3 Å². The molecule has 1 rings (SSSR count). The van der Waals surface area contributed by atoms with Crippen LogP contribution in [0.5, 0.6) is 0 Å². The highest BCUT2D eigenvalue weighted by molar-refractivity contribution is 7.96. The number of rotatable bonds is 4. The first-order chi connectivity index (χ1) is 8.88. The average Bonchev–Trinajstić information content (AvgIpc) is 2.29. The Morgan fingerprint density at radius 1 is 1.37 bits per heavy atom. The van der Waals surface area contributed by atoms with Gasteiger partial charge in [0, 0.05) is 19.3 Å². The fourth-order valence-corrected chi connectivity index (χ4v) is 1.89. The lowest BCUT2D eigenvalue weighted by Crippen LogP contribution is -2.23. The minimum Gasteiger partial charge on any atom is -0.458 e. The molecule has 0 radical (unpaired) electrons. The zero-order chi connectivity index (χ0) is 14.8. The van der Waals surface area contributed by atoms with Crippen molar-refractivity contribution in [2.75, 3.05) is 25.1 Å². The van der Waals surface area contributed by atoms with Crippen molar-refractivity contribution in [3.05, 3.63) is 29.8 Å². The van der Waals surface area contributed by atoms with Gasteiger partial charge in [-0.3, -0.25) is 0 Å². The number of aryl methyl sites for hydroxylation is 1. The average molecular weight is 283 g/mol. The Balaban J connectivity index is 0.000000459. The SMILES string of the molecule is CCOC(=O)S.Cc1ccccc1N(C)CC(C)C. The zero-order valence-electron chi connectivity index (χ0n) is 12.5. The molecule has 0 fully saturated rings. The molecule has 1 aromatic carbocycles. The summed E-state index contributed by atoms with van der Waals surface area (Å²) in [6.07, 6.45) is 0. The number of ether oxygens (including phenoxy) is 1. The Bertz CT molecular complexity index is 380. The van der Waals surface area contributed by atoms with Gasteiger partial charge in [0.2, 0.25) is 0 Å². The number of nitrogens with zero attached hydrogens (tertiary/aromatic N) is 1. The first kappa shape index (κ1) is 17.8. The molecule has 0 aromatic heterocycles. The summed E-state index contributed by atoms with van der Waals surface area (Å²) in [5.41, 5.74) is 2.70. The highest BCUT2D eigenvalue weighted by atomic mass is 32.1. The predicted octanol–water partition coefficient (Wildman–Crippen LogP) is 4.16. The molecule has 4 heteroatoms. The van der Waals surface area contributed by atoms with Crippen molar-refractivity contribution in [2.45, 2.75) is 27.7 Å². The van der Waals surface area contributed by atoms with Crippen LogP contribution in [0.2, 0.25) is 0 Å². The van der Waals surface area contributed by atoms with Crippen molar-refractivity contribution in [3.8, 4) is 0 Å². The standard InChI is InChI=1S/C12H19N.C3H6O2S/c1-10(2)9-13(4)12-8-6-5-7-11(12)3;1-2-5-3(4)6/h5-8,10H,9H2,1-4H3;2H2,1H3,(H,4,6). The Morgan fingerprint density at radius 2 is 1.95 bits per heavy atom. The summed E-state index contributed by atoms with van der Waals surface area (Å²) in [4.78, 5) is 12.0. The van der Waals surface area contributed by atoms with Gasteiger partial charge < -0.3 is 9.64 Å². The first-order valence-electron chi connectivity index (χ1n) is 6.50. The van der Waals surface area contributed by atoms with Crippen LogP contribution >= 0.6 is 12.6 Å². The molecule has 0 saturated carbocycles. The summed E-state index contributed by atoms with van der Waals surface area (Å²) in [6, 6.07) is 8.52. The second kappa shape index (κ2) is 9.73. The largest absolute Gasteiger partial charge is 0.458 e. The number of anilines is 1. The molecule has 0 aliphatic heterocycles. The van der Waals surface area contributed by atoms with E-state index in [1.807, 2.05) is 0 Å². The van der Waals surface area contributed by atoms with Gasteiger partial charge >= 0.3 is 5.30 Å². The number of thiol groups is 1. The van der Waals surface area contributed by atoms with Gasteiger partial charge in [0.1, 0.15) is 0 Å². The molecule has 3 nitrogen and oxygen atoms in total. The third-order valence-electron chi connectivity index (χ3n) is 2.43. The molecule has 0 aliphatic rings. The topological polar surface area (TPSA) is 29.5 Å². The van der Waals surface area contributed by atoms with Crippen LogP contribution in [0, 0.1) is 12.8 Å². The van der Waals surface area contributed by atoms with Crippen molar-refractivity contribution >= 4 is 23.6 Å². The van der Waals surface area contributed by atoms with Crippen LogP contribution in [-0.4, -0.2) is 25.5 Å². The number of hydrogen-bond donors (Lipinski definition) is 1. The van der Waals surface area contributed by atoms with Crippen molar-refractivity contribution in [2.24, 2.45) is 5.92 Å². The minimum absolute atomic E-state index is 0.405. The number of benzene rings is 1. The zero-order valence-corrected chi connectivity index (χ0v) is 13.4. The van der Waals surface area contributed by atoms with Gasteiger partial charge in [-0.25, -0.2) is 4.79 Å². The maximum absolute atomic E-state index is 9.69. The lowest BCUT2D eigenvalue weighted by Gasteiger charge is -2.23. The van der Waals surface area contributed by atoms with Crippen LogP contribution in [0.25, 0.3) is 0 Å². The fraction of sp³-hybridized carbons (Fsp3) is 0.533. The Hall–Kier alpha value is -1.16. The van der Waals surface area contributed by atoms with Gasteiger partial charge in [0.15, 0.2) is 0 Å². The number of carbonyl (C=O) groups is 1. The molecule has 0 aliphatic carbocycles. The van der Waals surface area contributed by atoms with E-state index in [9.17, 15) is 4.79 Å². The van der Waals surface area contributed by atoms with Gasteiger partial charge in [0.25, 0.3) is 0 Å². The molecule has 0 spiro atoms. The minimum atomic E-state index is -0.516. The highest BCUT2D eigenvalue weighted by Gasteiger charge is 2.04. The first-order valence-corrected chi connectivity index (χ1v) is 6.95. The van der Waals surface area contributed by atoms with E-state index in [4.69, 9.17) is 0 Å². The van der Waals surface area contributed by atoms with Crippen LogP contribution in [0.15, 0.2) is 24.3 Å². The number of carbonyl (C=O) groups excluding carboxylic acids is 1. The van der Waals surface area contributed by atoms with Crippen molar-refractivity contribution in [1.82, 2.24) is 0 Å². The predicted molar refractivity (Wildman–Crippen MR) is 85.3 cm³/mol. The molecule has 0 amide bonds. The van der Waals surface area contributed by atoms with E-state index in [-0.39, 0.29) is 0 Å². The lowest BCUT2D eigenvalue weighted by atomic mass is 10.1. The molecular weight excluding hydrogens is 258 g/mol. The maximum Gasteiger partial charge on any atom is 0.364 e. The smallest absolute Gasteiger partial charge is 0.364 e. The van der Waals surface area contributed by atoms with E-state index in [0.29, 0.717) is 12.5 Å². The molecule has 0 N–H and O–H groups in total. The molecule has 0 bridgehead atoms. The molecular formula is C15H25NO2S. The second-order valence-corrected chi connectivity index (χ2v) is 5.12. The van der Waals surface area contributed by atoms with Crippen molar-refractivity contribution in [1.29, 1.82) is 0 Å². The van der Waals surface area contributed by atoms with Gasteiger partial charge in [-0.15, -0.1) is 0 Å².